The lowest BCUT2D eigenvalue weighted by molar-refractivity contribution is 0.139. The minimum atomic E-state index is -0.153. The SMILES string of the molecule is O=C(Nc1ccc(Cl)c(Cl)c1)N1C[C@@H]2C[C@@H](C1)c1cccc(=O)n1C2. The molecule has 2 aliphatic rings. The molecule has 2 atom stereocenters. The Hall–Kier alpha value is -1.98. The highest BCUT2D eigenvalue weighted by Gasteiger charge is 2.36. The Labute approximate surface area is 155 Å². The molecule has 0 aliphatic carbocycles. The van der Waals surface area contributed by atoms with E-state index in [0.717, 1.165) is 12.1 Å². The van der Waals surface area contributed by atoms with Crippen LogP contribution in [0.2, 0.25) is 10.0 Å². The number of piperidine rings is 1. The second-order valence-electron chi connectivity index (χ2n) is 6.66. The Balaban J connectivity index is 1.52. The van der Waals surface area contributed by atoms with E-state index in [9.17, 15) is 9.59 Å². The van der Waals surface area contributed by atoms with Crippen LogP contribution in [0.3, 0.4) is 0 Å². The van der Waals surface area contributed by atoms with Crippen molar-refractivity contribution in [3.8, 4) is 0 Å². The van der Waals surface area contributed by atoms with Gasteiger partial charge in [0, 0.05) is 43.0 Å². The average molecular weight is 378 g/mol. The van der Waals surface area contributed by atoms with E-state index in [-0.39, 0.29) is 17.5 Å². The molecule has 0 saturated carbocycles. The molecule has 1 saturated heterocycles. The smallest absolute Gasteiger partial charge is 0.321 e. The third-order valence-corrected chi connectivity index (χ3v) is 5.68. The van der Waals surface area contributed by atoms with Crippen LogP contribution in [-0.2, 0) is 6.54 Å². The van der Waals surface area contributed by atoms with Crippen molar-refractivity contribution in [2.45, 2.75) is 18.9 Å². The summed E-state index contributed by atoms with van der Waals surface area (Å²) < 4.78 is 1.85. The number of amides is 2. The zero-order chi connectivity index (χ0) is 17.6. The van der Waals surface area contributed by atoms with Gasteiger partial charge in [-0.05, 0) is 36.6 Å². The number of halogens is 2. The number of rotatable bonds is 1. The molecule has 5 nitrogen and oxygen atoms in total. The Kier molecular flexibility index (Phi) is 4.21. The largest absolute Gasteiger partial charge is 0.324 e. The highest BCUT2D eigenvalue weighted by molar-refractivity contribution is 6.42. The number of hydrogen-bond donors (Lipinski definition) is 1. The predicted molar refractivity (Wildman–Crippen MR) is 98.6 cm³/mol. The van der Waals surface area contributed by atoms with Gasteiger partial charge in [-0.1, -0.05) is 29.3 Å². The fourth-order valence-corrected chi connectivity index (χ4v) is 4.14. The van der Waals surface area contributed by atoms with Gasteiger partial charge in [-0.3, -0.25) is 4.79 Å². The molecule has 130 valence electrons. The van der Waals surface area contributed by atoms with E-state index in [1.54, 1.807) is 30.3 Å². The molecule has 2 amide bonds. The van der Waals surface area contributed by atoms with E-state index in [2.05, 4.69) is 5.32 Å². The van der Waals surface area contributed by atoms with Gasteiger partial charge in [0.25, 0.3) is 5.56 Å². The van der Waals surface area contributed by atoms with Gasteiger partial charge in [0.2, 0.25) is 0 Å². The Morgan fingerprint density at radius 3 is 2.72 bits per heavy atom. The third kappa shape index (κ3) is 3.14. The summed E-state index contributed by atoms with van der Waals surface area (Å²) >= 11 is 11.9. The zero-order valence-corrected chi connectivity index (χ0v) is 14.9. The molecule has 0 radical (unpaired) electrons. The predicted octanol–water partition coefficient (Wildman–Crippen LogP) is 3.81. The van der Waals surface area contributed by atoms with Crippen LogP contribution in [-0.4, -0.2) is 28.6 Å². The van der Waals surface area contributed by atoms with Crippen LogP contribution in [0.25, 0.3) is 0 Å². The van der Waals surface area contributed by atoms with Crippen molar-refractivity contribution in [1.29, 1.82) is 0 Å². The lowest BCUT2D eigenvalue weighted by atomic mass is 9.83. The fourth-order valence-electron chi connectivity index (χ4n) is 3.84. The van der Waals surface area contributed by atoms with E-state index < -0.39 is 0 Å². The summed E-state index contributed by atoms with van der Waals surface area (Å²) in [6, 6.07) is 10.3. The number of nitrogens with one attached hydrogen (secondary N) is 1. The molecule has 1 N–H and O–H groups in total. The maximum absolute atomic E-state index is 12.6. The van der Waals surface area contributed by atoms with Gasteiger partial charge in [-0.15, -0.1) is 0 Å². The lowest BCUT2D eigenvalue weighted by Gasteiger charge is -2.42. The number of anilines is 1. The molecule has 1 aromatic carbocycles. The summed E-state index contributed by atoms with van der Waals surface area (Å²) in [7, 11) is 0. The summed E-state index contributed by atoms with van der Waals surface area (Å²) in [6.45, 7) is 1.92. The normalized spacial score (nSPS) is 21.6. The minimum Gasteiger partial charge on any atom is -0.324 e. The van der Waals surface area contributed by atoms with Crippen LogP contribution in [0.1, 0.15) is 18.0 Å². The summed E-state index contributed by atoms with van der Waals surface area (Å²) in [6.07, 6.45) is 1.01. The maximum Gasteiger partial charge on any atom is 0.321 e. The average Bonchev–Trinajstić information content (AvgIpc) is 2.59. The van der Waals surface area contributed by atoms with Gasteiger partial charge < -0.3 is 14.8 Å². The highest BCUT2D eigenvalue weighted by atomic mass is 35.5. The Morgan fingerprint density at radius 2 is 1.92 bits per heavy atom. The zero-order valence-electron chi connectivity index (χ0n) is 13.4. The van der Waals surface area contributed by atoms with Crippen molar-refractivity contribution < 1.29 is 4.79 Å². The van der Waals surface area contributed by atoms with Crippen LogP contribution in [0.15, 0.2) is 41.2 Å². The van der Waals surface area contributed by atoms with Crippen LogP contribution >= 0.6 is 23.2 Å². The molecule has 2 bridgehead atoms. The highest BCUT2D eigenvalue weighted by Crippen LogP contribution is 2.35. The first-order valence-electron chi connectivity index (χ1n) is 8.22. The standard InChI is InChI=1S/C18H17Cl2N3O2/c19-14-5-4-13(7-15(14)20)21-18(25)22-8-11-6-12(10-22)16-2-1-3-17(24)23(16)9-11/h1-5,7,11-12H,6,8-10H2,(H,21,25)/t11-,12-/m0/s1. The second-order valence-corrected chi connectivity index (χ2v) is 7.48. The quantitative estimate of drug-likeness (QED) is 0.821. The van der Waals surface area contributed by atoms with Gasteiger partial charge in [0.05, 0.1) is 10.0 Å². The van der Waals surface area contributed by atoms with Crippen molar-refractivity contribution in [2.75, 3.05) is 18.4 Å². The first kappa shape index (κ1) is 16.5. The van der Waals surface area contributed by atoms with Crippen molar-refractivity contribution >= 4 is 34.9 Å². The van der Waals surface area contributed by atoms with E-state index in [1.165, 1.54) is 0 Å². The molecule has 3 heterocycles. The van der Waals surface area contributed by atoms with Crippen molar-refractivity contribution in [3.05, 3.63) is 62.5 Å². The molecule has 1 aromatic heterocycles. The summed E-state index contributed by atoms with van der Waals surface area (Å²) in [5, 5.41) is 3.74. The van der Waals surface area contributed by atoms with Crippen LogP contribution in [0.4, 0.5) is 10.5 Å². The number of likely N-dealkylation sites (tertiary alicyclic amines) is 1. The number of hydrogen-bond acceptors (Lipinski definition) is 2. The summed E-state index contributed by atoms with van der Waals surface area (Å²) in [5.74, 6) is 0.492. The summed E-state index contributed by atoms with van der Waals surface area (Å²) in [4.78, 5) is 26.5. The molecular formula is C18H17Cl2N3O2. The van der Waals surface area contributed by atoms with Gasteiger partial charge in [0.15, 0.2) is 0 Å². The van der Waals surface area contributed by atoms with Crippen molar-refractivity contribution in [2.24, 2.45) is 5.92 Å². The molecule has 2 aromatic rings. The summed E-state index contributed by atoms with van der Waals surface area (Å²) in [5.41, 5.74) is 1.68. The number of benzene rings is 1. The number of fused-ring (bicyclic) bond motifs is 4. The fraction of sp³-hybridized carbons (Fsp3) is 0.333. The number of carbonyl (C=O) groups excluding carboxylic acids is 1. The lowest BCUT2D eigenvalue weighted by Crippen LogP contribution is -2.50. The number of urea groups is 1. The number of carbonyl (C=O) groups is 1. The molecule has 2 aliphatic heterocycles. The number of aromatic nitrogens is 1. The van der Waals surface area contributed by atoms with Gasteiger partial charge in [-0.25, -0.2) is 4.79 Å². The number of pyridine rings is 1. The van der Waals surface area contributed by atoms with E-state index in [1.807, 2.05) is 15.5 Å². The molecular weight excluding hydrogens is 361 g/mol. The van der Waals surface area contributed by atoms with Crippen LogP contribution in [0.5, 0.6) is 0 Å². The van der Waals surface area contributed by atoms with Gasteiger partial charge in [0.1, 0.15) is 0 Å². The van der Waals surface area contributed by atoms with Crippen molar-refractivity contribution in [1.82, 2.24) is 9.47 Å². The molecule has 0 spiro atoms. The molecule has 25 heavy (non-hydrogen) atoms. The molecule has 0 unspecified atom stereocenters. The molecule has 7 heteroatoms. The maximum atomic E-state index is 12.6. The monoisotopic (exact) mass is 377 g/mol. The van der Waals surface area contributed by atoms with Crippen LogP contribution < -0.4 is 10.9 Å². The molecule has 1 fully saturated rings. The van der Waals surface area contributed by atoms with Gasteiger partial charge in [-0.2, -0.15) is 0 Å². The minimum absolute atomic E-state index is 0.0425. The Bertz CT molecular complexity index is 896. The third-order valence-electron chi connectivity index (χ3n) is 4.94. The number of nitrogens with zero attached hydrogens (tertiary/aromatic N) is 2. The Morgan fingerprint density at radius 1 is 1.08 bits per heavy atom. The van der Waals surface area contributed by atoms with E-state index in [0.29, 0.717) is 41.3 Å². The first-order valence-corrected chi connectivity index (χ1v) is 8.97. The van der Waals surface area contributed by atoms with Gasteiger partial charge >= 0.3 is 6.03 Å². The van der Waals surface area contributed by atoms with Crippen LogP contribution in [0, 0.1) is 5.92 Å². The molecule has 4 rings (SSSR count). The second kappa shape index (κ2) is 6.39. The van der Waals surface area contributed by atoms with E-state index in [4.69, 9.17) is 23.2 Å². The first-order chi connectivity index (χ1) is 12.0. The van der Waals surface area contributed by atoms with E-state index >= 15 is 0 Å². The van der Waals surface area contributed by atoms with Crippen molar-refractivity contribution in [3.63, 3.8) is 0 Å². The topological polar surface area (TPSA) is 54.3 Å².